The molecule has 1 aliphatic heterocycles. The highest BCUT2D eigenvalue weighted by Gasteiger charge is 2.37. The van der Waals surface area contributed by atoms with Gasteiger partial charge in [0, 0.05) is 12.6 Å². The summed E-state index contributed by atoms with van der Waals surface area (Å²) in [5.74, 6) is -0.183. The van der Waals surface area contributed by atoms with Crippen LogP contribution in [0, 0.1) is 5.92 Å². The Labute approximate surface area is 129 Å². The van der Waals surface area contributed by atoms with Crippen LogP contribution < -0.4 is 15.0 Å². The minimum absolute atomic E-state index is 0.0275. The molecule has 1 atom stereocenters. The van der Waals surface area contributed by atoms with Crippen molar-refractivity contribution in [3.63, 3.8) is 0 Å². The van der Waals surface area contributed by atoms with Crippen LogP contribution >= 0.6 is 0 Å². The molecular weight excluding hydrogens is 284 g/mol. The third-order valence-corrected chi connectivity index (χ3v) is 3.61. The van der Waals surface area contributed by atoms with Gasteiger partial charge in [-0.05, 0) is 31.0 Å². The lowest BCUT2D eigenvalue weighted by atomic mass is 10.0. The first-order valence-electron chi connectivity index (χ1n) is 7.18. The molecule has 0 aliphatic carbocycles. The number of rotatable bonds is 4. The van der Waals surface area contributed by atoms with Crippen molar-refractivity contribution in [1.29, 1.82) is 0 Å². The van der Waals surface area contributed by atoms with Crippen LogP contribution in [0.25, 0.3) is 0 Å². The van der Waals surface area contributed by atoms with Crippen molar-refractivity contribution in [2.24, 2.45) is 5.92 Å². The number of carbonyl (C=O) groups is 3. The van der Waals surface area contributed by atoms with Crippen LogP contribution in [0.3, 0.4) is 0 Å². The van der Waals surface area contributed by atoms with Crippen LogP contribution in [0.4, 0.5) is 5.69 Å². The number of carbonyl (C=O) groups excluding carboxylic acids is 3. The molecule has 22 heavy (non-hydrogen) atoms. The number of ether oxygens (including phenoxy) is 1. The van der Waals surface area contributed by atoms with E-state index in [0.717, 1.165) is 0 Å². The number of nitrogens with one attached hydrogen (secondary N) is 1. The second-order valence-electron chi connectivity index (χ2n) is 5.62. The zero-order chi connectivity index (χ0) is 16.4. The van der Waals surface area contributed by atoms with Gasteiger partial charge in [-0.15, -0.1) is 0 Å². The molecule has 0 saturated heterocycles. The first kappa shape index (κ1) is 16.0. The standard InChI is InChI=1S/C16H20N2O4/c1-9(2)15-16(21)18(8-14(20)17-4)12-7-11(10(3)19)5-6-13(12)22-15/h5-7,9,15H,8H2,1-4H3,(H,17,20). The van der Waals surface area contributed by atoms with Gasteiger partial charge < -0.3 is 10.1 Å². The van der Waals surface area contributed by atoms with Gasteiger partial charge in [-0.3, -0.25) is 19.3 Å². The number of anilines is 1. The third-order valence-electron chi connectivity index (χ3n) is 3.61. The van der Waals surface area contributed by atoms with E-state index in [1.54, 1.807) is 18.2 Å². The Kier molecular flexibility index (Phi) is 4.49. The number of ketones is 1. The van der Waals surface area contributed by atoms with Gasteiger partial charge in [0.1, 0.15) is 12.3 Å². The number of hydrogen-bond donors (Lipinski definition) is 1. The van der Waals surface area contributed by atoms with Crippen LogP contribution in [-0.4, -0.2) is 37.3 Å². The molecule has 6 nitrogen and oxygen atoms in total. The summed E-state index contributed by atoms with van der Waals surface area (Å²) >= 11 is 0. The number of likely N-dealkylation sites (N-methyl/N-ethyl adjacent to an activating group) is 1. The van der Waals surface area contributed by atoms with E-state index in [2.05, 4.69) is 5.32 Å². The second-order valence-corrected chi connectivity index (χ2v) is 5.62. The molecule has 118 valence electrons. The average Bonchev–Trinajstić information content (AvgIpc) is 2.48. The minimum Gasteiger partial charge on any atom is -0.478 e. The Morgan fingerprint density at radius 3 is 2.59 bits per heavy atom. The fourth-order valence-corrected chi connectivity index (χ4v) is 2.31. The predicted octanol–water partition coefficient (Wildman–Crippen LogP) is 1.39. The van der Waals surface area contributed by atoms with Crippen LogP contribution in [0.5, 0.6) is 5.75 Å². The van der Waals surface area contributed by atoms with Crippen LogP contribution in [-0.2, 0) is 9.59 Å². The van der Waals surface area contributed by atoms with Crippen LogP contribution in [0.15, 0.2) is 18.2 Å². The van der Waals surface area contributed by atoms with Gasteiger partial charge in [0.2, 0.25) is 5.91 Å². The highest BCUT2D eigenvalue weighted by molar-refractivity contribution is 6.05. The molecule has 0 bridgehead atoms. The highest BCUT2D eigenvalue weighted by atomic mass is 16.5. The summed E-state index contributed by atoms with van der Waals surface area (Å²) in [5, 5.41) is 2.50. The quantitative estimate of drug-likeness (QED) is 0.853. The molecule has 1 N–H and O–H groups in total. The second kappa shape index (κ2) is 6.17. The number of Topliss-reactive ketones (excluding diaryl/α,β-unsaturated/α-hetero) is 1. The molecule has 1 aliphatic rings. The molecule has 0 saturated carbocycles. The van der Waals surface area contributed by atoms with Crippen molar-refractivity contribution in [3.8, 4) is 5.75 Å². The molecule has 2 amide bonds. The molecule has 1 unspecified atom stereocenters. The summed E-state index contributed by atoms with van der Waals surface area (Å²) in [4.78, 5) is 37.2. The molecule has 1 heterocycles. The molecule has 2 rings (SSSR count). The fourth-order valence-electron chi connectivity index (χ4n) is 2.31. The van der Waals surface area contributed by atoms with Gasteiger partial charge >= 0.3 is 0 Å². The number of hydrogen-bond acceptors (Lipinski definition) is 4. The monoisotopic (exact) mass is 304 g/mol. The van der Waals surface area contributed by atoms with Gasteiger partial charge in [-0.25, -0.2) is 0 Å². The maximum atomic E-state index is 12.6. The lowest BCUT2D eigenvalue weighted by molar-refractivity contribution is -0.130. The van der Waals surface area contributed by atoms with E-state index in [1.165, 1.54) is 18.9 Å². The molecule has 0 spiro atoms. The van der Waals surface area contributed by atoms with Crippen molar-refractivity contribution in [3.05, 3.63) is 23.8 Å². The molecule has 0 fully saturated rings. The molecule has 0 aromatic heterocycles. The Balaban J connectivity index is 2.49. The van der Waals surface area contributed by atoms with Crippen LogP contribution in [0.1, 0.15) is 31.1 Å². The van der Waals surface area contributed by atoms with E-state index in [9.17, 15) is 14.4 Å². The zero-order valence-corrected chi connectivity index (χ0v) is 13.2. The van der Waals surface area contributed by atoms with Gasteiger partial charge in [0.05, 0.1) is 5.69 Å². The lowest BCUT2D eigenvalue weighted by Crippen LogP contribution is -2.51. The zero-order valence-electron chi connectivity index (χ0n) is 13.2. The van der Waals surface area contributed by atoms with E-state index in [0.29, 0.717) is 17.0 Å². The minimum atomic E-state index is -0.639. The summed E-state index contributed by atoms with van der Waals surface area (Å²) in [6.07, 6.45) is -0.639. The van der Waals surface area contributed by atoms with E-state index in [4.69, 9.17) is 4.74 Å². The number of fused-ring (bicyclic) bond motifs is 1. The molecule has 0 radical (unpaired) electrons. The summed E-state index contributed by atoms with van der Waals surface area (Å²) in [6, 6.07) is 4.92. The van der Waals surface area contributed by atoms with E-state index in [1.807, 2.05) is 13.8 Å². The highest BCUT2D eigenvalue weighted by Crippen LogP contribution is 2.36. The van der Waals surface area contributed by atoms with Gasteiger partial charge in [-0.2, -0.15) is 0 Å². The summed E-state index contributed by atoms with van der Waals surface area (Å²) in [7, 11) is 1.51. The molecule has 1 aromatic rings. The molecule has 6 heteroatoms. The maximum absolute atomic E-state index is 12.6. The molecular formula is C16H20N2O4. The van der Waals surface area contributed by atoms with Crippen molar-refractivity contribution in [2.45, 2.75) is 26.9 Å². The van der Waals surface area contributed by atoms with Crippen molar-refractivity contribution in [1.82, 2.24) is 5.32 Å². The fraction of sp³-hybridized carbons (Fsp3) is 0.438. The van der Waals surface area contributed by atoms with Gasteiger partial charge in [0.15, 0.2) is 11.9 Å². The Hall–Kier alpha value is -2.37. The van der Waals surface area contributed by atoms with Gasteiger partial charge in [-0.1, -0.05) is 13.8 Å². The summed E-state index contributed by atoms with van der Waals surface area (Å²) < 4.78 is 5.75. The van der Waals surface area contributed by atoms with Crippen molar-refractivity contribution >= 4 is 23.3 Å². The van der Waals surface area contributed by atoms with E-state index >= 15 is 0 Å². The largest absolute Gasteiger partial charge is 0.478 e. The first-order valence-corrected chi connectivity index (χ1v) is 7.18. The number of nitrogens with zero attached hydrogens (tertiary/aromatic N) is 1. The van der Waals surface area contributed by atoms with E-state index in [-0.39, 0.29) is 30.1 Å². The van der Waals surface area contributed by atoms with Crippen molar-refractivity contribution < 1.29 is 19.1 Å². The SMILES string of the molecule is CNC(=O)CN1C(=O)C(C(C)C)Oc2ccc(C(C)=O)cc21. The summed E-state index contributed by atoms with van der Waals surface area (Å²) in [5.41, 5.74) is 0.929. The predicted molar refractivity (Wildman–Crippen MR) is 82.1 cm³/mol. The first-order chi connectivity index (χ1) is 10.3. The lowest BCUT2D eigenvalue weighted by Gasteiger charge is -2.35. The number of amides is 2. The average molecular weight is 304 g/mol. The van der Waals surface area contributed by atoms with E-state index < -0.39 is 6.10 Å². The topological polar surface area (TPSA) is 75.7 Å². The Morgan fingerprint density at radius 2 is 2.05 bits per heavy atom. The van der Waals surface area contributed by atoms with Crippen LogP contribution in [0.2, 0.25) is 0 Å². The Bertz CT molecular complexity index is 625. The number of benzene rings is 1. The van der Waals surface area contributed by atoms with Gasteiger partial charge in [0.25, 0.3) is 5.91 Å². The Morgan fingerprint density at radius 1 is 1.36 bits per heavy atom. The third kappa shape index (κ3) is 2.95. The summed E-state index contributed by atoms with van der Waals surface area (Å²) in [6.45, 7) is 5.12. The maximum Gasteiger partial charge on any atom is 0.268 e. The van der Waals surface area contributed by atoms with Crippen molar-refractivity contribution in [2.75, 3.05) is 18.5 Å². The molecule has 1 aromatic carbocycles. The smallest absolute Gasteiger partial charge is 0.268 e. The normalized spacial score (nSPS) is 17.0.